The van der Waals surface area contributed by atoms with E-state index in [0.717, 1.165) is 12.1 Å². The molecule has 0 aliphatic rings. The van der Waals surface area contributed by atoms with Crippen molar-refractivity contribution in [1.82, 2.24) is 5.32 Å². The Hall–Kier alpha value is -1.94. The zero-order valence-corrected chi connectivity index (χ0v) is 15.0. The van der Waals surface area contributed by atoms with E-state index in [-0.39, 0.29) is 12.0 Å². The predicted octanol–water partition coefficient (Wildman–Crippen LogP) is 3.78. The van der Waals surface area contributed by atoms with E-state index in [1.807, 2.05) is 0 Å². The van der Waals surface area contributed by atoms with E-state index in [2.05, 4.69) is 14.8 Å². The van der Waals surface area contributed by atoms with E-state index in [0.29, 0.717) is 0 Å². The Labute approximate surface area is 153 Å². The molecule has 0 spiro atoms. The first-order chi connectivity index (χ1) is 12.3. The smallest absolute Gasteiger partial charge is 0.406 e. The molecule has 1 aromatic rings. The summed E-state index contributed by atoms with van der Waals surface area (Å²) in [5.41, 5.74) is -0.511. The van der Waals surface area contributed by atoms with Gasteiger partial charge < -0.3 is 19.9 Å². The van der Waals surface area contributed by atoms with E-state index >= 15 is 0 Å². The maximum absolute atomic E-state index is 12.4. The molecule has 0 aliphatic heterocycles. The predicted molar refractivity (Wildman–Crippen MR) is 86.0 cm³/mol. The van der Waals surface area contributed by atoms with Crippen molar-refractivity contribution in [3.8, 4) is 5.75 Å². The van der Waals surface area contributed by atoms with E-state index in [1.54, 1.807) is 20.8 Å². The summed E-state index contributed by atoms with van der Waals surface area (Å²) in [5.74, 6) is -1.23. The highest BCUT2D eigenvalue weighted by molar-refractivity contribution is 5.77. The van der Waals surface area contributed by atoms with Crippen molar-refractivity contribution in [1.29, 1.82) is 0 Å². The maximum atomic E-state index is 12.4. The van der Waals surface area contributed by atoms with Crippen LogP contribution in [0.15, 0.2) is 24.3 Å². The van der Waals surface area contributed by atoms with Crippen LogP contribution in [0.3, 0.4) is 0 Å². The molecule has 1 rings (SSSR count). The van der Waals surface area contributed by atoms with Crippen LogP contribution in [0.5, 0.6) is 5.75 Å². The molecule has 2 atom stereocenters. The average Bonchev–Trinajstić information content (AvgIpc) is 2.48. The zero-order valence-electron chi connectivity index (χ0n) is 15.0. The molecular weight excluding hydrogens is 377 g/mol. The number of rotatable bonds is 8. The van der Waals surface area contributed by atoms with Crippen molar-refractivity contribution in [2.24, 2.45) is 5.41 Å². The topological polar surface area (TPSA) is 67.8 Å². The molecule has 0 bridgehead atoms. The van der Waals surface area contributed by atoms with Gasteiger partial charge in [0.1, 0.15) is 5.75 Å². The third-order valence-electron chi connectivity index (χ3n) is 3.60. The number of hydrogen-bond acceptors (Lipinski definition) is 4. The van der Waals surface area contributed by atoms with Gasteiger partial charge in [0.15, 0.2) is 0 Å². The normalized spacial score (nSPS) is 14.7. The Morgan fingerprint density at radius 3 is 2.37 bits per heavy atom. The molecule has 154 valence electrons. The molecule has 0 aromatic heterocycles. The SMILES string of the molecule is CC(C)(C)[C@H](O)CC(=O)N[C@@H](COC(F)F)c1cccc(OC(F)(F)F)c1. The minimum atomic E-state index is -4.92. The van der Waals surface area contributed by atoms with Crippen LogP contribution in [0.2, 0.25) is 0 Å². The van der Waals surface area contributed by atoms with Crippen LogP contribution in [0.25, 0.3) is 0 Å². The van der Waals surface area contributed by atoms with Gasteiger partial charge in [-0.2, -0.15) is 8.78 Å². The van der Waals surface area contributed by atoms with Crippen molar-refractivity contribution in [3.05, 3.63) is 29.8 Å². The van der Waals surface area contributed by atoms with E-state index in [1.165, 1.54) is 12.1 Å². The fourth-order valence-electron chi connectivity index (χ4n) is 2.05. The Morgan fingerprint density at radius 1 is 1.22 bits per heavy atom. The summed E-state index contributed by atoms with van der Waals surface area (Å²) in [4.78, 5) is 12.1. The van der Waals surface area contributed by atoms with Crippen molar-refractivity contribution >= 4 is 5.91 Å². The Kier molecular flexibility index (Phi) is 7.97. The minimum absolute atomic E-state index is 0.0796. The molecule has 1 aromatic carbocycles. The molecule has 0 heterocycles. The number of amides is 1. The van der Waals surface area contributed by atoms with Gasteiger partial charge in [0.2, 0.25) is 5.91 Å². The highest BCUT2D eigenvalue weighted by atomic mass is 19.4. The number of aliphatic hydroxyl groups is 1. The average molecular weight is 399 g/mol. The Bertz CT molecular complexity index is 616. The standard InChI is InChI=1S/C17H22F5NO4/c1-16(2,3)13(24)8-14(25)23-12(9-26-15(18)19)10-5-4-6-11(7-10)27-17(20,21)22/h4-7,12-13,15,24H,8-9H2,1-3H3,(H,23,25)/t12-,13+/m0/s1. The van der Waals surface area contributed by atoms with Gasteiger partial charge in [-0.25, -0.2) is 0 Å². The van der Waals surface area contributed by atoms with E-state index in [9.17, 15) is 31.9 Å². The Balaban J connectivity index is 2.94. The van der Waals surface area contributed by atoms with Crippen LogP contribution < -0.4 is 10.1 Å². The quantitative estimate of drug-likeness (QED) is 0.653. The van der Waals surface area contributed by atoms with Crippen LogP contribution in [-0.2, 0) is 9.53 Å². The summed E-state index contributed by atoms with van der Waals surface area (Å²) < 4.78 is 69.8. The molecule has 1 amide bonds. The fourth-order valence-corrected chi connectivity index (χ4v) is 2.05. The molecule has 5 nitrogen and oxygen atoms in total. The molecule has 0 radical (unpaired) electrons. The second kappa shape index (κ2) is 9.32. The molecule has 0 saturated carbocycles. The molecule has 27 heavy (non-hydrogen) atoms. The molecule has 2 N–H and O–H groups in total. The summed E-state index contributed by atoms with van der Waals surface area (Å²) in [5, 5.41) is 12.4. The van der Waals surface area contributed by atoms with Crippen LogP contribution in [0.1, 0.15) is 38.8 Å². The molecule has 0 unspecified atom stereocenters. The fraction of sp³-hybridized carbons (Fsp3) is 0.588. The van der Waals surface area contributed by atoms with Gasteiger partial charge in [-0.05, 0) is 23.1 Å². The first-order valence-electron chi connectivity index (χ1n) is 8.01. The second-order valence-corrected chi connectivity index (χ2v) is 6.92. The van der Waals surface area contributed by atoms with E-state index < -0.39 is 48.8 Å². The van der Waals surface area contributed by atoms with Gasteiger partial charge in [0.25, 0.3) is 0 Å². The first kappa shape index (κ1) is 23.1. The van der Waals surface area contributed by atoms with Crippen molar-refractivity contribution in [2.45, 2.75) is 52.3 Å². The number of nitrogens with one attached hydrogen (secondary N) is 1. The lowest BCUT2D eigenvalue weighted by Crippen LogP contribution is -2.37. The number of aliphatic hydroxyl groups excluding tert-OH is 1. The second-order valence-electron chi connectivity index (χ2n) is 6.92. The molecule has 0 saturated heterocycles. The van der Waals surface area contributed by atoms with Gasteiger partial charge in [-0.3, -0.25) is 4.79 Å². The van der Waals surface area contributed by atoms with Gasteiger partial charge >= 0.3 is 13.0 Å². The van der Waals surface area contributed by atoms with Crippen molar-refractivity contribution < 1.29 is 41.3 Å². The molecule has 10 heteroatoms. The Morgan fingerprint density at radius 2 is 1.85 bits per heavy atom. The highest BCUT2D eigenvalue weighted by Crippen LogP contribution is 2.27. The number of carbonyl (C=O) groups is 1. The lowest BCUT2D eigenvalue weighted by Gasteiger charge is -2.26. The highest BCUT2D eigenvalue weighted by Gasteiger charge is 2.31. The zero-order chi connectivity index (χ0) is 20.8. The third-order valence-corrected chi connectivity index (χ3v) is 3.60. The maximum Gasteiger partial charge on any atom is 0.573 e. The number of carbonyl (C=O) groups excluding carboxylic acids is 1. The van der Waals surface area contributed by atoms with Gasteiger partial charge in [-0.1, -0.05) is 32.9 Å². The lowest BCUT2D eigenvalue weighted by molar-refractivity contribution is -0.274. The van der Waals surface area contributed by atoms with E-state index in [4.69, 9.17) is 0 Å². The van der Waals surface area contributed by atoms with Crippen LogP contribution in [0, 0.1) is 5.41 Å². The molecule has 0 aliphatic carbocycles. The van der Waals surface area contributed by atoms with Crippen molar-refractivity contribution in [3.63, 3.8) is 0 Å². The number of benzene rings is 1. The number of halogens is 5. The first-order valence-corrected chi connectivity index (χ1v) is 8.01. The minimum Gasteiger partial charge on any atom is -0.406 e. The summed E-state index contributed by atoms with van der Waals surface area (Å²) in [7, 11) is 0. The van der Waals surface area contributed by atoms with Crippen LogP contribution in [-0.4, -0.2) is 36.7 Å². The summed E-state index contributed by atoms with van der Waals surface area (Å²) >= 11 is 0. The molecular formula is C17H22F5NO4. The lowest BCUT2D eigenvalue weighted by atomic mass is 9.87. The van der Waals surface area contributed by atoms with Crippen LogP contribution in [0.4, 0.5) is 22.0 Å². The van der Waals surface area contributed by atoms with Crippen LogP contribution >= 0.6 is 0 Å². The summed E-state index contributed by atoms with van der Waals surface area (Å²) in [6, 6.07) is 3.40. The van der Waals surface area contributed by atoms with Gasteiger partial charge in [0, 0.05) is 0 Å². The largest absolute Gasteiger partial charge is 0.573 e. The monoisotopic (exact) mass is 399 g/mol. The third kappa shape index (κ3) is 9.00. The van der Waals surface area contributed by atoms with Gasteiger partial charge in [-0.15, -0.1) is 13.2 Å². The van der Waals surface area contributed by atoms with Gasteiger partial charge in [0.05, 0.1) is 25.2 Å². The number of ether oxygens (including phenoxy) is 2. The molecule has 0 fully saturated rings. The van der Waals surface area contributed by atoms with Crippen molar-refractivity contribution in [2.75, 3.05) is 6.61 Å². The number of hydrogen-bond donors (Lipinski definition) is 2. The number of alkyl halides is 5. The summed E-state index contributed by atoms with van der Waals surface area (Å²) in [6.45, 7) is 1.32. The summed E-state index contributed by atoms with van der Waals surface area (Å²) in [6.07, 6.45) is -6.24.